The number of hydrogen-bond donors (Lipinski definition) is 2. The van der Waals surface area contributed by atoms with E-state index in [1.54, 1.807) is 49.4 Å². The fraction of sp³-hybridized carbons (Fsp3) is 0.150. The Morgan fingerprint density at radius 3 is 2.50 bits per heavy atom. The Morgan fingerprint density at radius 1 is 1.14 bits per heavy atom. The first kappa shape index (κ1) is 19.8. The van der Waals surface area contributed by atoms with Crippen molar-refractivity contribution < 1.29 is 22.7 Å². The first-order valence-electron chi connectivity index (χ1n) is 8.53. The Morgan fingerprint density at radius 2 is 1.86 bits per heavy atom. The minimum Gasteiger partial charge on any atom is -0.465 e. The molecule has 3 rings (SSSR count). The van der Waals surface area contributed by atoms with Crippen molar-refractivity contribution >= 4 is 22.0 Å². The number of aryl methyl sites for hydroxylation is 1. The molecular weight excluding hydrogens is 380 g/mol. The van der Waals surface area contributed by atoms with Crippen molar-refractivity contribution in [1.82, 2.24) is 9.29 Å². The lowest BCUT2D eigenvalue weighted by Crippen LogP contribution is -2.47. The molecule has 28 heavy (non-hydrogen) atoms. The first-order chi connectivity index (χ1) is 13.4. The molecule has 0 saturated carbocycles. The molecule has 8 heteroatoms. The summed E-state index contributed by atoms with van der Waals surface area (Å²) in [5.74, 6) is -0.202. The summed E-state index contributed by atoms with van der Waals surface area (Å²) in [5.41, 5.74) is 0.551. The molecule has 2 aromatic heterocycles. The predicted molar refractivity (Wildman–Crippen MR) is 104 cm³/mol. The molecule has 2 heterocycles. The van der Waals surface area contributed by atoms with Crippen LogP contribution < -0.4 is 4.72 Å². The highest BCUT2D eigenvalue weighted by molar-refractivity contribution is 7.89. The van der Waals surface area contributed by atoms with Crippen molar-refractivity contribution in [2.75, 3.05) is 0 Å². The molecule has 146 valence electrons. The van der Waals surface area contributed by atoms with E-state index in [0.717, 1.165) is 0 Å². The number of carbonyl (C=O) groups is 1. The summed E-state index contributed by atoms with van der Waals surface area (Å²) in [6.07, 6.45) is 5.67. The Bertz CT molecular complexity index is 1050. The van der Waals surface area contributed by atoms with E-state index in [1.807, 2.05) is 0 Å². The van der Waals surface area contributed by atoms with Gasteiger partial charge in [0.25, 0.3) is 5.91 Å². The zero-order valence-electron chi connectivity index (χ0n) is 15.1. The molecule has 2 atom stereocenters. The lowest BCUT2D eigenvalue weighted by atomic mass is 10.1. The highest BCUT2D eigenvalue weighted by Crippen LogP contribution is 2.16. The molecule has 0 saturated heterocycles. The number of carbonyl (C=O) groups excluding carboxylic acids is 1. The third-order valence-electron chi connectivity index (χ3n) is 4.14. The largest absolute Gasteiger partial charge is 0.465 e. The summed E-state index contributed by atoms with van der Waals surface area (Å²) < 4.78 is 34.5. The summed E-state index contributed by atoms with van der Waals surface area (Å²) in [6, 6.07) is 11.9. The molecule has 0 bridgehead atoms. The van der Waals surface area contributed by atoms with Gasteiger partial charge in [-0.1, -0.05) is 24.3 Å². The molecule has 0 spiro atoms. The summed E-state index contributed by atoms with van der Waals surface area (Å²) in [7, 11) is -3.98. The maximum atomic E-state index is 12.8. The van der Waals surface area contributed by atoms with Crippen LogP contribution in [-0.2, 0) is 10.0 Å². The maximum absolute atomic E-state index is 12.8. The minimum absolute atomic E-state index is 0.0759. The van der Waals surface area contributed by atoms with Crippen LogP contribution in [0.5, 0.6) is 0 Å². The number of hydrogen-bond acceptors (Lipinski definition) is 5. The van der Waals surface area contributed by atoms with E-state index >= 15 is 0 Å². The molecule has 0 aliphatic rings. The van der Waals surface area contributed by atoms with Crippen LogP contribution in [0.15, 0.2) is 82.6 Å². The highest BCUT2D eigenvalue weighted by Gasteiger charge is 2.30. The number of sulfonamides is 1. The third-order valence-corrected chi connectivity index (χ3v) is 5.76. The van der Waals surface area contributed by atoms with E-state index in [9.17, 15) is 18.3 Å². The van der Waals surface area contributed by atoms with Crippen LogP contribution in [0.1, 0.15) is 16.1 Å². The number of nitrogens with zero attached hydrogens (tertiary/aromatic N) is 1. The second-order valence-corrected chi connectivity index (χ2v) is 7.84. The van der Waals surface area contributed by atoms with Crippen molar-refractivity contribution in [1.29, 1.82) is 0 Å². The Hall–Kier alpha value is -2.94. The second-order valence-electron chi connectivity index (χ2n) is 6.16. The van der Waals surface area contributed by atoms with Crippen LogP contribution in [0.4, 0.5) is 0 Å². The quantitative estimate of drug-likeness (QED) is 0.634. The Labute approximate surface area is 163 Å². The van der Waals surface area contributed by atoms with E-state index < -0.39 is 28.1 Å². The van der Waals surface area contributed by atoms with Crippen molar-refractivity contribution in [3.63, 3.8) is 0 Å². The van der Waals surface area contributed by atoms with Gasteiger partial charge in [0.05, 0.1) is 17.2 Å². The zero-order chi connectivity index (χ0) is 20.1. The smallest absolute Gasteiger partial charge is 0.261 e. The van der Waals surface area contributed by atoms with Gasteiger partial charge in [0.15, 0.2) is 6.10 Å². The minimum atomic E-state index is -3.98. The molecule has 0 amide bonds. The van der Waals surface area contributed by atoms with Crippen LogP contribution in [0.25, 0.3) is 6.08 Å². The van der Waals surface area contributed by atoms with E-state index in [4.69, 9.17) is 4.42 Å². The van der Waals surface area contributed by atoms with Crippen LogP contribution in [0.2, 0.25) is 0 Å². The fourth-order valence-corrected chi connectivity index (χ4v) is 4.12. The van der Waals surface area contributed by atoms with Crippen LogP contribution in [0.3, 0.4) is 0 Å². The third kappa shape index (κ3) is 4.48. The van der Waals surface area contributed by atoms with E-state index in [2.05, 4.69) is 4.72 Å². The zero-order valence-corrected chi connectivity index (χ0v) is 15.9. The van der Waals surface area contributed by atoms with Crippen molar-refractivity contribution in [2.24, 2.45) is 0 Å². The fourth-order valence-electron chi connectivity index (χ4n) is 2.68. The molecule has 3 aromatic rings. The highest BCUT2D eigenvalue weighted by atomic mass is 32.2. The number of aliphatic hydroxyl groups is 1. The van der Waals surface area contributed by atoms with Crippen LogP contribution >= 0.6 is 0 Å². The summed E-state index contributed by atoms with van der Waals surface area (Å²) in [6.45, 7) is 1.67. The van der Waals surface area contributed by atoms with Crippen molar-refractivity contribution in [2.45, 2.75) is 24.0 Å². The number of aromatic nitrogens is 1. The van der Waals surface area contributed by atoms with Gasteiger partial charge in [-0.05, 0) is 48.9 Å². The van der Waals surface area contributed by atoms with Gasteiger partial charge in [-0.25, -0.2) is 13.1 Å². The molecule has 0 fully saturated rings. The van der Waals surface area contributed by atoms with Gasteiger partial charge in [0.1, 0.15) is 5.76 Å². The maximum Gasteiger partial charge on any atom is 0.261 e. The molecule has 0 radical (unpaired) electrons. The topological polar surface area (TPSA) is 102 Å². The van der Waals surface area contributed by atoms with Crippen LogP contribution in [-0.4, -0.2) is 36.1 Å². The molecule has 0 aliphatic heterocycles. The first-order valence-corrected chi connectivity index (χ1v) is 10.0. The molecule has 0 aliphatic carbocycles. The van der Waals surface area contributed by atoms with Gasteiger partial charge in [-0.2, -0.15) is 0 Å². The second kappa shape index (κ2) is 8.39. The van der Waals surface area contributed by atoms with Crippen molar-refractivity contribution in [3.8, 4) is 0 Å². The van der Waals surface area contributed by atoms with E-state index in [0.29, 0.717) is 11.3 Å². The lowest BCUT2D eigenvalue weighted by molar-refractivity contribution is 0.0622. The van der Waals surface area contributed by atoms with E-state index in [-0.39, 0.29) is 4.90 Å². The number of nitrogens with one attached hydrogen (secondary N) is 1. The van der Waals surface area contributed by atoms with Gasteiger partial charge < -0.3 is 9.52 Å². The number of furan rings is 1. The molecular formula is C20H20N2O5S. The Balaban J connectivity index is 1.91. The Kier molecular flexibility index (Phi) is 5.93. The predicted octanol–water partition coefficient (Wildman–Crippen LogP) is 2.45. The van der Waals surface area contributed by atoms with Gasteiger partial charge in [0.2, 0.25) is 10.0 Å². The molecule has 7 nitrogen and oxygen atoms in total. The average Bonchev–Trinajstić information content (AvgIpc) is 3.37. The van der Waals surface area contributed by atoms with Gasteiger partial charge in [-0.3, -0.25) is 9.36 Å². The molecule has 1 aromatic carbocycles. The number of aliphatic hydroxyl groups excluding tert-OH is 1. The molecule has 2 N–H and O–H groups in total. The molecule has 0 unspecified atom stereocenters. The van der Waals surface area contributed by atoms with Crippen molar-refractivity contribution in [3.05, 3.63) is 84.6 Å². The van der Waals surface area contributed by atoms with Crippen LogP contribution in [0, 0.1) is 6.92 Å². The summed E-state index contributed by atoms with van der Waals surface area (Å²) in [5, 5.41) is 10.6. The average molecular weight is 400 g/mol. The monoisotopic (exact) mass is 400 g/mol. The lowest BCUT2D eigenvalue weighted by Gasteiger charge is -2.21. The standard InChI is InChI=1S/C20H20N2O5S/c1-15-7-2-3-9-18(15)28(25,26)21-17(11-10-16-8-6-14-27-16)19(23)20(24)22-12-4-5-13-22/h2-14,17,19,21,23H,1H3/b11-10+/t17-,19+/m0/s1. The number of rotatable bonds is 7. The van der Waals surface area contributed by atoms with E-state index in [1.165, 1.54) is 41.4 Å². The summed E-state index contributed by atoms with van der Waals surface area (Å²) >= 11 is 0. The normalized spacial score (nSPS) is 14.2. The van der Waals surface area contributed by atoms with Gasteiger partial charge >= 0.3 is 0 Å². The SMILES string of the molecule is Cc1ccccc1S(=O)(=O)N[C@@H](/C=C/c1ccco1)[C@@H](O)C(=O)n1cccc1. The number of benzene rings is 1. The summed E-state index contributed by atoms with van der Waals surface area (Å²) in [4.78, 5) is 12.6. The van der Waals surface area contributed by atoms with Gasteiger partial charge in [0, 0.05) is 12.4 Å². The van der Waals surface area contributed by atoms with Gasteiger partial charge in [-0.15, -0.1) is 0 Å².